The van der Waals surface area contributed by atoms with Crippen LogP contribution in [0.15, 0.2) is 18.2 Å². The number of hydrogen-bond acceptors (Lipinski definition) is 4. The Balaban J connectivity index is 2.01. The molecular weight excluding hydrogens is 288 g/mol. The van der Waals surface area contributed by atoms with Crippen molar-refractivity contribution < 1.29 is 17.3 Å². The van der Waals surface area contributed by atoms with Gasteiger partial charge in [-0.1, -0.05) is 17.7 Å². The first kappa shape index (κ1) is 14.6. The smallest absolute Gasteiger partial charge is 0.309 e. The van der Waals surface area contributed by atoms with Crippen molar-refractivity contribution in [2.45, 2.75) is 19.8 Å². The van der Waals surface area contributed by atoms with Crippen LogP contribution in [0.1, 0.15) is 18.4 Å². The Bertz CT molecular complexity index is 536. The second-order valence-electron chi connectivity index (χ2n) is 4.80. The minimum Gasteiger partial charge on any atom is -0.382 e. The molecule has 0 aliphatic carbocycles. The van der Waals surface area contributed by atoms with Gasteiger partial charge in [-0.2, -0.15) is 8.42 Å². The first-order chi connectivity index (χ1) is 8.96. The second kappa shape index (κ2) is 6.11. The van der Waals surface area contributed by atoms with Crippen molar-refractivity contribution in [3.63, 3.8) is 0 Å². The maximum atomic E-state index is 11.9. The first-order valence-electron chi connectivity index (χ1n) is 6.22. The zero-order chi connectivity index (χ0) is 13.9. The van der Waals surface area contributed by atoms with Crippen LogP contribution in [0.25, 0.3) is 0 Å². The molecule has 0 spiro atoms. The van der Waals surface area contributed by atoms with Crippen LogP contribution in [-0.2, 0) is 14.9 Å². The molecule has 106 valence electrons. The third-order valence-electron chi connectivity index (χ3n) is 3.06. The molecule has 1 aromatic carbocycles. The van der Waals surface area contributed by atoms with Gasteiger partial charge in [0.1, 0.15) is 5.75 Å². The standard InChI is InChI=1S/C13H17ClO4S/c1-10-4-5-12(7-13(10)14)18-19(15,16)9-11-3-2-6-17-8-11/h4-5,7,11H,2-3,6,8-9H2,1H3. The Morgan fingerprint density at radius 2 is 2.26 bits per heavy atom. The summed E-state index contributed by atoms with van der Waals surface area (Å²) in [4.78, 5) is 0. The van der Waals surface area contributed by atoms with Crippen LogP contribution in [0.5, 0.6) is 5.75 Å². The van der Waals surface area contributed by atoms with Crippen molar-refractivity contribution in [3.8, 4) is 5.75 Å². The van der Waals surface area contributed by atoms with Gasteiger partial charge in [-0.05, 0) is 37.3 Å². The predicted molar refractivity (Wildman–Crippen MR) is 74.1 cm³/mol. The van der Waals surface area contributed by atoms with Gasteiger partial charge < -0.3 is 8.92 Å². The van der Waals surface area contributed by atoms with Crippen LogP contribution in [0.2, 0.25) is 5.02 Å². The van der Waals surface area contributed by atoms with Crippen molar-refractivity contribution in [2.75, 3.05) is 19.0 Å². The fourth-order valence-electron chi connectivity index (χ4n) is 2.03. The second-order valence-corrected chi connectivity index (χ2v) is 6.82. The normalized spacial score (nSPS) is 20.2. The molecule has 1 atom stereocenters. The molecule has 1 saturated heterocycles. The van der Waals surface area contributed by atoms with E-state index in [2.05, 4.69) is 0 Å². The fourth-order valence-corrected chi connectivity index (χ4v) is 3.51. The van der Waals surface area contributed by atoms with Crippen LogP contribution in [0.4, 0.5) is 0 Å². The van der Waals surface area contributed by atoms with Crippen LogP contribution in [-0.4, -0.2) is 27.4 Å². The van der Waals surface area contributed by atoms with Gasteiger partial charge in [-0.15, -0.1) is 0 Å². The molecule has 0 radical (unpaired) electrons. The van der Waals surface area contributed by atoms with Crippen molar-refractivity contribution in [2.24, 2.45) is 5.92 Å². The SMILES string of the molecule is Cc1ccc(OS(=O)(=O)CC2CCCOC2)cc1Cl. The van der Waals surface area contributed by atoms with E-state index in [1.165, 1.54) is 6.07 Å². The summed E-state index contributed by atoms with van der Waals surface area (Å²) in [6, 6.07) is 4.86. The summed E-state index contributed by atoms with van der Waals surface area (Å²) in [5.41, 5.74) is 0.882. The summed E-state index contributed by atoms with van der Waals surface area (Å²) in [5.74, 6) is 0.255. The van der Waals surface area contributed by atoms with Gasteiger partial charge in [-0.25, -0.2) is 0 Å². The van der Waals surface area contributed by atoms with Gasteiger partial charge in [0.25, 0.3) is 0 Å². The predicted octanol–water partition coefficient (Wildman–Crippen LogP) is 2.78. The summed E-state index contributed by atoms with van der Waals surface area (Å²) >= 11 is 5.94. The maximum absolute atomic E-state index is 11.9. The van der Waals surface area contributed by atoms with Crippen LogP contribution >= 0.6 is 11.6 Å². The third-order valence-corrected chi connectivity index (χ3v) is 4.79. The average Bonchev–Trinajstić information content (AvgIpc) is 2.34. The first-order valence-corrected chi connectivity index (χ1v) is 8.18. The van der Waals surface area contributed by atoms with E-state index in [4.69, 9.17) is 20.5 Å². The molecule has 1 fully saturated rings. The third kappa shape index (κ3) is 4.37. The molecule has 1 unspecified atom stereocenters. The van der Waals surface area contributed by atoms with E-state index in [9.17, 15) is 8.42 Å². The summed E-state index contributed by atoms with van der Waals surface area (Å²) in [6.45, 7) is 3.04. The van der Waals surface area contributed by atoms with E-state index in [1.54, 1.807) is 12.1 Å². The average molecular weight is 305 g/mol. The van der Waals surface area contributed by atoms with Crippen molar-refractivity contribution in [1.82, 2.24) is 0 Å². The summed E-state index contributed by atoms with van der Waals surface area (Å²) in [7, 11) is -3.60. The van der Waals surface area contributed by atoms with E-state index in [0.717, 1.165) is 18.4 Å². The van der Waals surface area contributed by atoms with E-state index in [0.29, 0.717) is 18.2 Å². The quantitative estimate of drug-likeness (QED) is 0.803. The highest BCUT2D eigenvalue weighted by Crippen LogP contribution is 2.24. The number of halogens is 1. The molecule has 2 rings (SSSR count). The molecule has 1 aliphatic rings. The van der Waals surface area contributed by atoms with E-state index < -0.39 is 10.1 Å². The van der Waals surface area contributed by atoms with Crippen molar-refractivity contribution >= 4 is 21.7 Å². The highest BCUT2D eigenvalue weighted by Gasteiger charge is 2.23. The van der Waals surface area contributed by atoms with Crippen molar-refractivity contribution in [3.05, 3.63) is 28.8 Å². The Morgan fingerprint density at radius 3 is 2.89 bits per heavy atom. The molecule has 1 aliphatic heterocycles. The Hall–Kier alpha value is -0.780. The van der Waals surface area contributed by atoms with Gasteiger partial charge in [0.05, 0.1) is 12.4 Å². The monoisotopic (exact) mass is 304 g/mol. The van der Waals surface area contributed by atoms with E-state index in [1.807, 2.05) is 6.92 Å². The molecule has 0 N–H and O–H groups in total. The van der Waals surface area contributed by atoms with Gasteiger partial charge in [-0.3, -0.25) is 0 Å². The van der Waals surface area contributed by atoms with Crippen molar-refractivity contribution in [1.29, 1.82) is 0 Å². The molecular formula is C13H17ClO4S. The summed E-state index contributed by atoms with van der Waals surface area (Å²) in [5, 5.41) is 0.494. The van der Waals surface area contributed by atoms with Gasteiger partial charge in [0.15, 0.2) is 0 Å². The van der Waals surface area contributed by atoms with Crippen LogP contribution in [0.3, 0.4) is 0 Å². The molecule has 0 saturated carbocycles. The molecule has 6 heteroatoms. The lowest BCUT2D eigenvalue weighted by molar-refractivity contribution is 0.0621. The summed E-state index contributed by atoms with van der Waals surface area (Å²) < 4.78 is 34.2. The lowest BCUT2D eigenvalue weighted by atomic mass is 10.1. The van der Waals surface area contributed by atoms with Crippen LogP contribution < -0.4 is 4.18 Å². The Morgan fingerprint density at radius 1 is 1.47 bits per heavy atom. The molecule has 0 bridgehead atoms. The highest BCUT2D eigenvalue weighted by atomic mass is 35.5. The number of benzene rings is 1. The summed E-state index contributed by atoms with van der Waals surface area (Å²) in [6.07, 6.45) is 1.76. The lowest BCUT2D eigenvalue weighted by Crippen LogP contribution is -2.27. The number of hydrogen-bond donors (Lipinski definition) is 0. The molecule has 1 heterocycles. The largest absolute Gasteiger partial charge is 0.382 e. The molecule has 0 aromatic heterocycles. The Labute approximate surface area is 118 Å². The Kier molecular flexibility index (Phi) is 4.71. The number of ether oxygens (including phenoxy) is 1. The van der Waals surface area contributed by atoms with E-state index in [-0.39, 0.29) is 17.4 Å². The van der Waals surface area contributed by atoms with Gasteiger partial charge in [0.2, 0.25) is 0 Å². The molecule has 19 heavy (non-hydrogen) atoms. The van der Waals surface area contributed by atoms with Gasteiger partial charge in [0, 0.05) is 17.7 Å². The van der Waals surface area contributed by atoms with Crippen LogP contribution in [0, 0.1) is 12.8 Å². The zero-order valence-electron chi connectivity index (χ0n) is 10.8. The molecule has 1 aromatic rings. The van der Waals surface area contributed by atoms with Gasteiger partial charge >= 0.3 is 10.1 Å². The highest BCUT2D eigenvalue weighted by molar-refractivity contribution is 7.87. The molecule has 0 amide bonds. The lowest BCUT2D eigenvalue weighted by Gasteiger charge is -2.21. The number of rotatable bonds is 4. The zero-order valence-corrected chi connectivity index (χ0v) is 12.3. The topological polar surface area (TPSA) is 52.6 Å². The maximum Gasteiger partial charge on any atom is 0.309 e. The number of aryl methyl sites for hydroxylation is 1. The minimum atomic E-state index is -3.60. The molecule has 4 nitrogen and oxygen atoms in total. The van der Waals surface area contributed by atoms with E-state index >= 15 is 0 Å². The fraction of sp³-hybridized carbons (Fsp3) is 0.538. The minimum absolute atomic E-state index is 0.0136.